The maximum Gasteiger partial charge on any atom is 0.322 e. The molecule has 3 N–H and O–H groups in total. The molecule has 2 aliphatic rings. The summed E-state index contributed by atoms with van der Waals surface area (Å²) in [6.07, 6.45) is 0.151. The number of nitrogens with one attached hydrogen (secondary N) is 2. The second-order valence-electron chi connectivity index (χ2n) is 7.38. The number of carbonyl (C=O) groups excluding carboxylic acids is 1. The molecule has 0 radical (unpaired) electrons. The van der Waals surface area contributed by atoms with Crippen molar-refractivity contribution < 1.29 is 32.2 Å². The van der Waals surface area contributed by atoms with E-state index < -0.39 is 33.8 Å². The number of carboxylic acid groups (broad SMARTS) is 1. The van der Waals surface area contributed by atoms with Crippen LogP contribution in [0.2, 0.25) is 0 Å². The summed E-state index contributed by atoms with van der Waals surface area (Å²) in [6, 6.07) is 6.16. The number of urea groups is 1. The highest BCUT2D eigenvalue weighted by Crippen LogP contribution is 2.34. The van der Waals surface area contributed by atoms with E-state index in [9.17, 15) is 27.5 Å². The molecule has 2 aromatic carbocycles. The van der Waals surface area contributed by atoms with Crippen molar-refractivity contribution in [2.45, 2.75) is 18.2 Å². The van der Waals surface area contributed by atoms with Crippen LogP contribution in [0.15, 0.2) is 35.2 Å². The molecule has 1 atom stereocenters. The van der Waals surface area contributed by atoms with Gasteiger partial charge < -0.3 is 15.2 Å². The van der Waals surface area contributed by atoms with Gasteiger partial charge in [-0.15, -0.1) is 0 Å². The van der Waals surface area contributed by atoms with E-state index in [1.807, 2.05) is 0 Å². The fourth-order valence-corrected chi connectivity index (χ4v) is 4.87. The number of aliphatic carboxylic acids is 1. The minimum absolute atomic E-state index is 0.0124. The Bertz CT molecular complexity index is 1180. The summed E-state index contributed by atoms with van der Waals surface area (Å²) in [5.41, 5.74) is 0.895. The van der Waals surface area contributed by atoms with E-state index in [-0.39, 0.29) is 41.4 Å². The Labute approximate surface area is 177 Å². The Morgan fingerprint density at radius 1 is 1.32 bits per heavy atom. The summed E-state index contributed by atoms with van der Waals surface area (Å²) < 4.78 is 48.3. The quantitative estimate of drug-likeness (QED) is 0.642. The van der Waals surface area contributed by atoms with E-state index in [1.165, 1.54) is 36.1 Å². The monoisotopic (exact) mass is 449 g/mol. The van der Waals surface area contributed by atoms with Gasteiger partial charge in [0.2, 0.25) is 0 Å². The number of halogens is 1. The third kappa shape index (κ3) is 3.88. The lowest BCUT2D eigenvalue weighted by molar-refractivity contribution is -0.143. The number of ether oxygens (including phenoxy) is 1. The van der Waals surface area contributed by atoms with E-state index in [4.69, 9.17) is 4.74 Å². The smallest absolute Gasteiger partial charge is 0.322 e. The van der Waals surface area contributed by atoms with Gasteiger partial charge in [-0.2, -0.15) is 0 Å². The van der Waals surface area contributed by atoms with Crippen LogP contribution in [0.25, 0.3) is 0 Å². The van der Waals surface area contributed by atoms with Gasteiger partial charge in [0, 0.05) is 13.1 Å². The van der Waals surface area contributed by atoms with Gasteiger partial charge in [0.25, 0.3) is 10.0 Å². The molecule has 164 valence electrons. The third-order valence-electron chi connectivity index (χ3n) is 5.35. The predicted octanol–water partition coefficient (Wildman–Crippen LogP) is 2.10. The third-order valence-corrected chi connectivity index (χ3v) is 6.71. The number of carbonyl (C=O) groups is 2. The molecule has 1 unspecified atom stereocenters. The van der Waals surface area contributed by atoms with Crippen LogP contribution in [0.4, 0.5) is 20.6 Å². The highest BCUT2D eigenvalue weighted by atomic mass is 32.2. The fraction of sp³-hybridized carbons (Fsp3) is 0.300. The SMILES string of the molecule is Cc1c(NS(=O)(=O)c2ccc3c(c2)CC(C(=O)O)CO3)ccc(F)c1N1CCNC1=O. The van der Waals surface area contributed by atoms with E-state index in [2.05, 4.69) is 10.0 Å². The molecule has 0 spiro atoms. The first-order valence-electron chi connectivity index (χ1n) is 9.53. The second-order valence-corrected chi connectivity index (χ2v) is 9.06. The van der Waals surface area contributed by atoms with Gasteiger partial charge in [0.1, 0.15) is 18.2 Å². The number of amides is 2. The zero-order valence-electron chi connectivity index (χ0n) is 16.5. The summed E-state index contributed by atoms with van der Waals surface area (Å²) in [5.74, 6) is -1.97. The van der Waals surface area contributed by atoms with Gasteiger partial charge in [0.15, 0.2) is 0 Å². The van der Waals surface area contributed by atoms with Crippen LogP contribution in [-0.4, -0.2) is 45.2 Å². The van der Waals surface area contributed by atoms with Crippen molar-refractivity contribution in [1.29, 1.82) is 0 Å². The molecule has 9 nitrogen and oxygen atoms in total. The predicted molar refractivity (Wildman–Crippen MR) is 109 cm³/mol. The molecule has 4 rings (SSSR count). The van der Waals surface area contributed by atoms with Crippen LogP contribution in [-0.2, 0) is 21.2 Å². The molecule has 0 aliphatic carbocycles. The van der Waals surface area contributed by atoms with Crippen molar-refractivity contribution in [3.8, 4) is 5.75 Å². The van der Waals surface area contributed by atoms with Crippen LogP contribution in [0, 0.1) is 18.7 Å². The van der Waals surface area contributed by atoms with E-state index in [0.717, 1.165) is 6.07 Å². The molecule has 2 amide bonds. The highest BCUT2D eigenvalue weighted by Gasteiger charge is 2.29. The average molecular weight is 449 g/mol. The van der Waals surface area contributed by atoms with Gasteiger partial charge in [-0.25, -0.2) is 17.6 Å². The number of sulfonamides is 1. The minimum atomic E-state index is -4.07. The number of carboxylic acids is 1. The first-order chi connectivity index (χ1) is 14.7. The fourth-order valence-electron chi connectivity index (χ4n) is 3.69. The number of hydrogen-bond donors (Lipinski definition) is 3. The molecule has 1 fully saturated rings. The number of benzene rings is 2. The molecule has 31 heavy (non-hydrogen) atoms. The normalized spacial score (nSPS) is 18.2. The van der Waals surface area contributed by atoms with Gasteiger partial charge in [-0.05, 0) is 54.8 Å². The van der Waals surface area contributed by atoms with Crippen molar-refractivity contribution in [1.82, 2.24) is 5.32 Å². The maximum absolute atomic E-state index is 14.4. The lowest BCUT2D eigenvalue weighted by Gasteiger charge is -2.23. The van der Waals surface area contributed by atoms with Gasteiger partial charge in [-0.1, -0.05) is 0 Å². The zero-order valence-corrected chi connectivity index (χ0v) is 17.3. The molecule has 2 aromatic rings. The summed E-state index contributed by atoms with van der Waals surface area (Å²) >= 11 is 0. The summed E-state index contributed by atoms with van der Waals surface area (Å²) in [7, 11) is -4.07. The molecular weight excluding hydrogens is 429 g/mol. The van der Waals surface area contributed by atoms with Crippen LogP contribution in [0.5, 0.6) is 5.75 Å². The van der Waals surface area contributed by atoms with Crippen molar-refractivity contribution >= 4 is 33.4 Å². The first kappa shape index (κ1) is 20.9. The van der Waals surface area contributed by atoms with Crippen molar-refractivity contribution in [3.05, 3.63) is 47.3 Å². The molecule has 11 heteroatoms. The molecule has 1 saturated heterocycles. The summed E-state index contributed by atoms with van der Waals surface area (Å²) in [4.78, 5) is 24.4. The summed E-state index contributed by atoms with van der Waals surface area (Å²) in [5, 5.41) is 11.8. The molecule has 0 bridgehead atoms. The Morgan fingerprint density at radius 3 is 2.77 bits per heavy atom. The number of anilines is 2. The van der Waals surface area contributed by atoms with Crippen LogP contribution < -0.4 is 19.7 Å². The largest absolute Gasteiger partial charge is 0.492 e. The zero-order chi connectivity index (χ0) is 22.3. The van der Waals surface area contributed by atoms with Crippen molar-refractivity contribution in [2.75, 3.05) is 29.3 Å². The molecule has 0 aromatic heterocycles. The molecule has 2 aliphatic heterocycles. The number of rotatable bonds is 5. The van der Waals surface area contributed by atoms with Crippen LogP contribution in [0.1, 0.15) is 11.1 Å². The Hall–Kier alpha value is -3.34. The lowest BCUT2D eigenvalue weighted by atomic mass is 9.97. The Morgan fingerprint density at radius 2 is 2.10 bits per heavy atom. The van der Waals surface area contributed by atoms with Gasteiger partial charge in [-0.3, -0.25) is 14.4 Å². The van der Waals surface area contributed by atoms with Gasteiger partial charge in [0.05, 0.1) is 22.2 Å². The number of hydrogen-bond acceptors (Lipinski definition) is 5. The topological polar surface area (TPSA) is 125 Å². The lowest BCUT2D eigenvalue weighted by Crippen LogP contribution is -2.29. The van der Waals surface area contributed by atoms with E-state index in [1.54, 1.807) is 0 Å². The minimum Gasteiger partial charge on any atom is -0.492 e. The second kappa shape index (κ2) is 7.73. The maximum atomic E-state index is 14.4. The van der Waals surface area contributed by atoms with Gasteiger partial charge >= 0.3 is 12.0 Å². The highest BCUT2D eigenvalue weighted by molar-refractivity contribution is 7.92. The van der Waals surface area contributed by atoms with E-state index >= 15 is 0 Å². The summed E-state index contributed by atoms with van der Waals surface area (Å²) in [6.45, 7) is 2.18. The van der Waals surface area contributed by atoms with Crippen molar-refractivity contribution in [3.63, 3.8) is 0 Å². The Balaban J connectivity index is 1.65. The van der Waals surface area contributed by atoms with Crippen LogP contribution in [0.3, 0.4) is 0 Å². The molecular formula is C20H20FN3O6S. The van der Waals surface area contributed by atoms with Crippen molar-refractivity contribution in [2.24, 2.45) is 5.92 Å². The van der Waals surface area contributed by atoms with E-state index in [0.29, 0.717) is 17.9 Å². The Kier molecular flexibility index (Phi) is 5.21. The first-order valence-corrected chi connectivity index (χ1v) is 11.0. The average Bonchev–Trinajstić information content (AvgIpc) is 3.15. The van der Waals surface area contributed by atoms with Crippen LogP contribution >= 0.6 is 0 Å². The molecule has 0 saturated carbocycles. The molecule has 2 heterocycles. The standard InChI is InChI=1S/C20H20FN3O6S/c1-11-16(4-3-15(21)18(11)24-7-6-22-20(24)27)23-31(28,29)14-2-5-17-12(9-14)8-13(10-30-17)19(25)26/h2-5,9,13,23H,6-8,10H2,1H3,(H,22,27)(H,25,26). The number of nitrogens with zero attached hydrogens (tertiary/aromatic N) is 1. The number of fused-ring (bicyclic) bond motifs is 1.